The van der Waals surface area contributed by atoms with Crippen LogP contribution in [-0.4, -0.2) is 12.3 Å². The maximum Gasteiger partial charge on any atom is 0.173 e. The van der Waals surface area contributed by atoms with E-state index in [1.165, 1.54) is 6.07 Å². The van der Waals surface area contributed by atoms with Crippen molar-refractivity contribution in [3.05, 3.63) is 33.0 Å². The van der Waals surface area contributed by atoms with E-state index >= 15 is 0 Å². The van der Waals surface area contributed by atoms with Crippen LogP contribution in [0.1, 0.15) is 23.2 Å². The minimum atomic E-state index is -0.666. The van der Waals surface area contributed by atoms with Gasteiger partial charge < -0.3 is 5.73 Å². The van der Waals surface area contributed by atoms with Crippen molar-refractivity contribution in [3.63, 3.8) is 0 Å². The van der Waals surface area contributed by atoms with Crippen LogP contribution in [0.5, 0.6) is 0 Å². The van der Waals surface area contributed by atoms with Crippen LogP contribution in [0.3, 0.4) is 0 Å². The van der Waals surface area contributed by atoms with Crippen molar-refractivity contribution < 1.29 is 9.18 Å². The zero-order valence-electron chi connectivity index (χ0n) is 8.40. The average molecular weight is 307 g/mol. The van der Waals surface area contributed by atoms with Crippen LogP contribution in [0, 0.1) is 11.2 Å². The van der Waals surface area contributed by atoms with Crippen LogP contribution >= 0.6 is 27.5 Å². The van der Waals surface area contributed by atoms with Crippen molar-refractivity contribution in [2.75, 3.05) is 6.54 Å². The topological polar surface area (TPSA) is 43.1 Å². The van der Waals surface area contributed by atoms with E-state index in [2.05, 4.69) is 15.9 Å². The van der Waals surface area contributed by atoms with Gasteiger partial charge in [0.2, 0.25) is 0 Å². The fourth-order valence-corrected chi connectivity index (χ4v) is 2.13. The first-order valence-electron chi connectivity index (χ1n) is 4.90. The Kier molecular flexibility index (Phi) is 3.07. The van der Waals surface area contributed by atoms with Crippen molar-refractivity contribution in [1.82, 2.24) is 0 Å². The molecule has 86 valence electrons. The maximum atomic E-state index is 13.8. The Labute approximate surface area is 106 Å². The smallest absolute Gasteiger partial charge is 0.173 e. The molecule has 5 heteroatoms. The number of benzene rings is 1. The van der Waals surface area contributed by atoms with Gasteiger partial charge in [0.15, 0.2) is 11.6 Å². The third-order valence-electron chi connectivity index (χ3n) is 3.01. The predicted octanol–water partition coefficient (Wildman–Crippen LogP) is 3.16. The number of hydrogen-bond acceptors (Lipinski definition) is 2. The van der Waals surface area contributed by atoms with Gasteiger partial charge in [-0.15, -0.1) is 0 Å². The SMILES string of the molecule is NCC1(C(=O)c2ccc(Br)c(Cl)c2F)CC1. The summed E-state index contributed by atoms with van der Waals surface area (Å²) in [4.78, 5) is 12.1. The summed E-state index contributed by atoms with van der Waals surface area (Å²) in [7, 11) is 0. The number of halogens is 3. The molecule has 1 aromatic carbocycles. The van der Waals surface area contributed by atoms with Gasteiger partial charge in [0.05, 0.1) is 10.6 Å². The van der Waals surface area contributed by atoms with E-state index in [-0.39, 0.29) is 22.9 Å². The van der Waals surface area contributed by atoms with Crippen molar-refractivity contribution in [3.8, 4) is 0 Å². The standard InChI is InChI=1S/C11H10BrClFNO/c12-7-2-1-6(9(14)8(7)13)10(16)11(5-15)3-4-11/h1-2H,3-5,15H2. The maximum absolute atomic E-state index is 13.8. The second-order valence-corrected chi connectivity index (χ2v) is 5.27. The van der Waals surface area contributed by atoms with Gasteiger partial charge >= 0.3 is 0 Å². The van der Waals surface area contributed by atoms with E-state index in [4.69, 9.17) is 17.3 Å². The molecule has 1 fully saturated rings. The first-order chi connectivity index (χ1) is 7.52. The van der Waals surface area contributed by atoms with Gasteiger partial charge in [-0.25, -0.2) is 4.39 Å². The summed E-state index contributed by atoms with van der Waals surface area (Å²) in [5.41, 5.74) is 5.03. The van der Waals surface area contributed by atoms with Gasteiger partial charge in [0.25, 0.3) is 0 Å². The normalized spacial score (nSPS) is 17.2. The lowest BCUT2D eigenvalue weighted by molar-refractivity contribution is 0.0901. The van der Waals surface area contributed by atoms with Crippen molar-refractivity contribution in [2.45, 2.75) is 12.8 Å². The van der Waals surface area contributed by atoms with Gasteiger partial charge in [-0.3, -0.25) is 4.79 Å². The monoisotopic (exact) mass is 305 g/mol. The van der Waals surface area contributed by atoms with Crippen molar-refractivity contribution in [2.24, 2.45) is 11.1 Å². The molecule has 2 nitrogen and oxygen atoms in total. The fourth-order valence-electron chi connectivity index (χ4n) is 1.66. The molecule has 2 N–H and O–H groups in total. The number of nitrogens with two attached hydrogens (primary N) is 1. The second kappa shape index (κ2) is 4.09. The molecule has 0 heterocycles. The summed E-state index contributed by atoms with van der Waals surface area (Å²) < 4.78 is 14.2. The molecule has 1 aromatic rings. The Balaban J connectivity index is 2.42. The van der Waals surface area contributed by atoms with Crippen LogP contribution in [0.2, 0.25) is 5.02 Å². The Morgan fingerprint density at radius 2 is 2.19 bits per heavy atom. The number of rotatable bonds is 3. The molecular formula is C11H10BrClFNO. The third kappa shape index (κ3) is 1.79. The molecule has 1 saturated carbocycles. The molecule has 0 radical (unpaired) electrons. The highest BCUT2D eigenvalue weighted by atomic mass is 79.9. The Morgan fingerprint density at radius 3 is 2.69 bits per heavy atom. The fraction of sp³-hybridized carbons (Fsp3) is 0.364. The molecule has 0 aromatic heterocycles. The van der Waals surface area contributed by atoms with E-state index in [1.807, 2.05) is 0 Å². The van der Waals surface area contributed by atoms with Crippen LogP contribution in [0.25, 0.3) is 0 Å². The zero-order valence-corrected chi connectivity index (χ0v) is 10.7. The van der Waals surface area contributed by atoms with E-state index in [0.29, 0.717) is 4.47 Å². The van der Waals surface area contributed by atoms with E-state index in [1.54, 1.807) is 6.07 Å². The Morgan fingerprint density at radius 1 is 1.56 bits per heavy atom. The number of carbonyl (C=O) groups excluding carboxylic acids is 1. The molecule has 0 atom stereocenters. The van der Waals surface area contributed by atoms with Gasteiger partial charge in [-0.05, 0) is 40.9 Å². The quantitative estimate of drug-likeness (QED) is 0.688. The summed E-state index contributed by atoms with van der Waals surface area (Å²) >= 11 is 8.84. The molecule has 0 aliphatic heterocycles. The van der Waals surface area contributed by atoms with Crippen molar-refractivity contribution in [1.29, 1.82) is 0 Å². The van der Waals surface area contributed by atoms with E-state index in [0.717, 1.165) is 12.8 Å². The molecule has 2 rings (SSSR count). The van der Waals surface area contributed by atoms with Gasteiger partial charge in [0.1, 0.15) is 0 Å². The predicted molar refractivity (Wildman–Crippen MR) is 64.2 cm³/mol. The largest absolute Gasteiger partial charge is 0.329 e. The molecule has 0 saturated heterocycles. The summed E-state index contributed by atoms with van der Waals surface area (Å²) in [5, 5.41) is -0.0568. The van der Waals surface area contributed by atoms with Crippen LogP contribution in [-0.2, 0) is 0 Å². The molecule has 16 heavy (non-hydrogen) atoms. The minimum Gasteiger partial charge on any atom is -0.329 e. The Hall–Kier alpha value is -0.450. The lowest BCUT2D eigenvalue weighted by atomic mass is 9.94. The average Bonchev–Trinajstić information content (AvgIpc) is 3.06. The lowest BCUT2D eigenvalue weighted by Gasteiger charge is -2.12. The first-order valence-corrected chi connectivity index (χ1v) is 6.07. The first kappa shape index (κ1) is 12.0. The highest BCUT2D eigenvalue weighted by molar-refractivity contribution is 9.10. The van der Waals surface area contributed by atoms with E-state index in [9.17, 15) is 9.18 Å². The molecular weight excluding hydrogens is 296 g/mol. The number of carbonyl (C=O) groups is 1. The number of hydrogen-bond donors (Lipinski definition) is 1. The molecule has 0 spiro atoms. The van der Waals surface area contributed by atoms with Crippen LogP contribution in [0.15, 0.2) is 16.6 Å². The molecule has 0 bridgehead atoms. The second-order valence-electron chi connectivity index (χ2n) is 4.04. The summed E-state index contributed by atoms with van der Waals surface area (Å²) in [6, 6.07) is 3.02. The summed E-state index contributed by atoms with van der Waals surface area (Å²) in [5.74, 6) is -0.900. The zero-order chi connectivity index (χ0) is 11.9. The van der Waals surface area contributed by atoms with Crippen LogP contribution in [0.4, 0.5) is 4.39 Å². The number of ketones is 1. The Bertz CT molecular complexity index is 460. The lowest BCUT2D eigenvalue weighted by Crippen LogP contribution is -2.26. The molecule has 0 unspecified atom stereocenters. The summed E-state index contributed by atoms with van der Waals surface area (Å²) in [6.45, 7) is 0.263. The van der Waals surface area contributed by atoms with Gasteiger partial charge in [-0.1, -0.05) is 11.6 Å². The van der Waals surface area contributed by atoms with Crippen molar-refractivity contribution >= 4 is 33.3 Å². The van der Waals surface area contributed by atoms with Gasteiger partial charge in [-0.2, -0.15) is 0 Å². The third-order valence-corrected chi connectivity index (χ3v) is 4.26. The van der Waals surface area contributed by atoms with Crippen LogP contribution < -0.4 is 5.73 Å². The summed E-state index contributed by atoms with van der Waals surface area (Å²) in [6.07, 6.45) is 1.46. The highest BCUT2D eigenvalue weighted by Gasteiger charge is 2.49. The van der Waals surface area contributed by atoms with E-state index < -0.39 is 11.2 Å². The number of Topliss-reactive ketones (excluding diaryl/α,β-unsaturated/α-hetero) is 1. The molecule has 0 amide bonds. The minimum absolute atomic E-state index is 0.0381. The molecule has 1 aliphatic rings. The van der Waals surface area contributed by atoms with Gasteiger partial charge in [0, 0.05) is 16.4 Å². The highest BCUT2D eigenvalue weighted by Crippen LogP contribution is 2.48. The molecule has 1 aliphatic carbocycles.